The van der Waals surface area contributed by atoms with Gasteiger partial charge in [-0.05, 0) is 54.1 Å². The van der Waals surface area contributed by atoms with Crippen molar-refractivity contribution in [3.05, 3.63) is 22.2 Å². The summed E-state index contributed by atoms with van der Waals surface area (Å²) in [7, 11) is 0. The van der Waals surface area contributed by atoms with Crippen molar-refractivity contribution in [3.63, 3.8) is 0 Å². The number of fused-ring (bicyclic) bond motifs is 1. The maximum absolute atomic E-state index is 5.31. The Kier molecular flexibility index (Phi) is 4.60. The van der Waals surface area contributed by atoms with Crippen molar-refractivity contribution in [2.24, 2.45) is 5.10 Å². The maximum atomic E-state index is 5.31. The molecule has 0 saturated carbocycles. The SMILES string of the molecule is CC(C)NC(=S)N/N=C\c1cc2c(cc1Br)OCO2. The summed E-state index contributed by atoms with van der Waals surface area (Å²) in [4.78, 5) is 0. The fraction of sp³-hybridized carbons (Fsp3) is 0.333. The van der Waals surface area contributed by atoms with Crippen molar-refractivity contribution < 1.29 is 9.47 Å². The molecule has 0 radical (unpaired) electrons. The third-order valence-corrected chi connectivity index (χ3v) is 3.18. The van der Waals surface area contributed by atoms with Crippen LogP contribution in [0.1, 0.15) is 19.4 Å². The van der Waals surface area contributed by atoms with Crippen LogP contribution >= 0.6 is 28.1 Å². The third-order valence-electron chi connectivity index (χ3n) is 2.28. The molecule has 19 heavy (non-hydrogen) atoms. The van der Waals surface area contributed by atoms with Crippen LogP contribution in [0.2, 0.25) is 0 Å². The summed E-state index contributed by atoms with van der Waals surface area (Å²) in [6, 6.07) is 3.98. The molecule has 0 fully saturated rings. The summed E-state index contributed by atoms with van der Waals surface area (Å²) >= 11 is 8.52. The topological polar surface area (TPSA) is 54.9 Å². The Morgan fingerprint density at radius 3 is 2.79 bits per heavy atom. The van der Waals surface area contributed by atoms with Crippen LogP contribution in [0, 0.1) is 0 Å². The summed E-state index contributed by atoms with van der Waals surface area (Å²) in [6.45, 7) is 4.27. The first-order valence-corrected chi connectivity index (χ1v) is 6.95. The first-order valence-electron chi connectivity index (χ1n) is 5.75. The number of rotatable bonds is 3. The van der Waals surface area contributed by atoms with Crippen LogP contribution in [0.15, 0.2) is 21.7 Å². The molecule has 1 aromatic carbocycles. The van der Waals surface area contributed by atoms with E-state index >= 15 is 0 Å². The molecule has 1 aliphatic rings. The second-order valence-corrected chi connectivity index (χ2v) is 5.49. The number of hydrogen-bond donors (Lipinski definition) is 2. The average molecular weight is 344 g/mol. The molecule has 0 spiro atoms. The van der Waals surface area contributed by atoms with Crippen molar-refractivity contribution in [2.45, 2.75) is 19.9 Å². The summed E-state index contributed by atoms with van der Waals surface area (Å²) in [5.74, 6) is 1.45. The molecule has 102 valence electrons. The molecule has 1 heterocycles. The van der Waals surface area contributed by atoms with E-state index in [1.54, 1.807) is 6.21 Å². The highest BCUT2D eigenvalue weighted by Gasteiger charge is 2.15. The number of nitrogens with zero attached hydrogens (tertiary/aromatic N) is 1. The predicted octanol–water partition coefficient (Wildman–Crippen LogP) is 2.38. The molecule has 0 aromatic heterocycles. The highest BCUT2D eigenvalue weighted by molar-refractivity contribution is 9.10. The Morgan fingerprint density at radius 1 is 1.42 bits per heavy atom. The van der Waals surface area contributed by atoms with Crippen molar-refractivity contribution in [3.8, 4) is 11.5 Å². The van der Waals surface area contributed by atoms with Crippen molar-refractivity contribution >= 4 is 39.5 Å². The van der Waals surface area contributed by atoms with Gasteiger partial charge in [0.25, 0.3) is 0 Å². The number of halogens is 1. The van der Waals surface area contributed by atoms with Gasteiger partial charge in [-0.2, -0.15) is 5.10 Å². The fourth-order valence-corrected chi connectivity index (χ4v) is 2.20. The van der Waals surface area contributed by atoms with Crippen LogP contribution in [0.3, 0.4) is 0 Å². The minimum atomic E-state index is 0.253. The van der Waals surface area contributed by atoms with E-state index < -0.39 is 0 Å². The molecular weight excluding hydrogens is 330 g/mol. The Bertz CT molecular complexity index is 520. The first-order chi connectivity index (χ1) is 9.06. The van der Waals surface area contributed by atoms with E-state index in [0.717, 1.165) is 15.8 Å². The third kappa shape index (κ3) is 3.81. The second-order valence-electron chi connectivity index (χ2n) is 4.23. The lowest BCUT2D eigenvalue weighted by Gasteiger charge is -2.09. The Hall–Kier alpha value is -1.34. The van der Waals surface area contributed by atoms with E-state index in [4.69, 9.17) is 21.7 Å². The van der Waals surface area contributed by atoms with Crippen LogP contribution < -0.4 is 20.2 Å². The van der Waals surface area contributed by atoms with Crippen molar-refractivity contribution in [1.82, 2.24) is 10.7 Å². The van der Waals surface area contributed by atoms with Crippen LogP contribution in [0.25, 0.3) is 0 Å². The quantitative estimate of drug-likeness (QED) is 0.501. The number of thiocarbonyl (C=S) groups is 1. The molecule has 1 aliphatic heterocycles. The van der Waals surface area contributed by atoms with Gasteiger partial charge in [-0.3, -0.25) is 5.43 Å². The smallest absolute Gasteiger partial charge is 0.231 e. The average Bonchev–Trinajstić information content (AvgIpc) is 2.75. The Labute approximate surface area is 125 Å². The van der Waals surface area contributed by atoms with Gasteiger partial charge in [-0.25, -0.2) is 0 Å². The number of ether oxygens (including phenoxy) is 2. The molecule has 5 nitrogen and oxygen atoms in total. The van der Waals surface area contributed by atoms with Gasteiger partial charge < -0.3 is 14.8 Å². The number of hydrazone groups is 1. The standard InChI is InChI=1S/C12H14BrN3O2S/c1-7(2)15-12(19)16-14-5-8-3-10-11(4-9(8)13)18-6-17-10/h3-5,7H,6H2,1-2H3,(H2,15,16,19)/b14-5-. The highest BCUT2D eigenvalue weighted by Crippen LogP contribution is 2.36. The lowest BCUT2D eigenvalue weighted by atomic mass is 10.2. The van der Waals surface area contributed by atoms with Gasteiger partial charge in [-0.15, -0.1) is 0 Å². The lowest BCUT2D eigenvalue weighted by molar-refractivity contribution is 0.174. The Balaban J connectivity index is 2.01. The molecule has 7 heteroatoms. The van der Waals surface area contributed by atoms with E-state index in [2.05, 4.69) is 31.8 Å². The second kappa shape index (κ2) is 6.21. The zero-order valence-corrected chi connectivity index (χ0v) is 13.0. The van der Waals surface area contributed by atoms with E-state index in [1.165, 1.54) is 0 Å². The summed E-state index contributed by atoms with van der Waals surface area (Å²) < 4.78 is 11.5. The van der Waals surface area contributed by atoms with Gasteiger partial charge in [0.15, 0.2) is 16.6 Å². The van der Waals surface area contributed by atoms with Crippen molar-refractivity contribution in [1.29, 1.82) is 0 Å². The molecule has 1 aromatic rings. The van der Waals surface area contributed by atoms with Crippen LogP contribution in [-0.4, -0.2) is 24.2 Å². The molecule has 2 N–H and O–H groups in total. The van der Waals surface area contributed by atoms with Crippen LogP contribution in [0.4, 0.5) is 0 Å². The lowest BCUT2D eigenvalue weighted by Crippen LogP contribution is -2.36. The molecule has 0 atom stereocenters. The zero-order chi connectivity index (χ0) is 13.8. The summed E-state index contributed by atoms with van der Waals surface area (Å²) in [5.41, 5.74) is 3.63. The number of hydrogen-bond acceptors (Lipinski definition) is 4. The molecule has 0 bridgehead atoms. The molecule has 0 unspecified atom stereocenters. The summed E-state index contributed by atoms with van der Waals surface area (Å²) in [6.07, 6.45) is 1.67. The minimum absolute atomic E-state index is 0.253. The van der Waals surface area contributed by atoms with E-state index in [1.807, 2.05) is 26.0 Å². The van der Waals surface area contributed by atoms with E-state index in [-0.39, 0.29) is 12.8 Å². The molecule has 0 aliphatic carbocycles. The van der Waals surface area contributed by atoms with Crippen LogP contribution in [0.5, 0.6) is 11.5 Å². The number of nitrogens with one attached hydrogen (secondary N) is 2. The monoisotopic (exact) mass is 343 g/mol. The van der Waals surface area contributed by atoms with Crippen molar-refractivity contribution in [2.75, 3.05) is 6.79 Å². The van der Waals surface area contributed by atoms with Gasteiger partial charge >= 0.3 is 0 Å². The largest absolute Gasteiger partial charge is 0.454 e. The van der Waals surface area contributed by atoms with Crippen LogP contribution in [-0.2, 0) is 0 Å². The first kappa shape index (κ1) is 14.1. The summed E-state index contributed by atoms with van der Waals surface area (Å²) in [5, 5.41) is 7.60. The van der Waals surface area contributed by atoms with E-state index in [9.17, 15) is 0 Å². The molecule has 2 rings (SSSR count). The minimum Gasteiger partial charge on any atom is -0.454 e. The molecular formula is C12H14BrN3O2S. The van der Waals surface area contributed by atoms with E-state index in [0.29, 0.717) is 10.9 Å². The highest BCUT2D eigenvalue weighted by atomic mass is 79.9. The van der Waals surface area contributed by atoms with Gasteiger partial charge in [0, 0.05) is 16.1 Å². The molecule has 0 amide bonds. The molecule has 0 saturated heterocycles. The predicted molar refractivity (Wildman–Crippen MR) is 81.9 cm³/mol. The van der Waals surface area contributed by atoms with Gasteiger partial charge in [0.2, 0.25) is 6.79 Å². The van der Waals surface area contributed by atoms with Gasteiger partial charge in [0.05, 0.1) is 6.21 Å². The Morgan fingerprint density at radius 2 is 2.11 bits per heavy atom. The fourth-order valence-electron chi connectivity index (χ4n) is 1.49. The zero-order valence-electron chi connectivity index (χ0n) is 10.6. The van der Waals surface area contributed by atoms with Gasteiger partial charge in [-0.1, -0.05) is 0 Å². The number of benzene rings is 1. The normalized spacial score (nSPS) is 13.1. The van der Waals surface area contributed by atoms with Gasteiger partial charge in [0.1, 0.15) is 0 Å². The maximum Gasteiger partial charge on any atom is 0.231 e.